The first-order chi connectivity index (χ1) is 18.0. The molecule has 9 nitrogen and oxygen atoms in total. The summed E-state index contributed by atoms with van der Waals surface area (Å²) >= 11 is 7.60. The lowest BCUT2D eigenvalue weighted by molar-refractivity contribution is -0.137. The van der Waals surface area contributed by atoms with Gasteiger partial charge in [-0.05, 0) is 44.0 Å². The van der Waals surface area contributed by atoms with Crippen molar-refractivity contribution >= 4 is 39.1 Å². The van der Waals surface area contributed by atoms with Crippen molar-refractivity contribution in [3.63, 3.8) is 0 Å². The first-order valence-corrected chi connectivity index (χ1v) is 14.6. The Morgan fingerprint density at radius 3 is 2.47 bits per heavy atom. The van der Waals surface area contributed by atoms with E-state index in [2.05, 4.69) is 25.2 Å². The number of nitrogens with one attached hydrogen (secondary N) is 1. The van der Waals surface area contributed by atoms with Gasteiger partial charge in [-0.25, -0.2) is 20.1 Å². The van der Waals surface area contributed by atoms with Crippen LogP contribution in [0, 0.1) is 0 Å². The zero-order valence-electron chi connectivity index (χ0n) is 20.1. The average Bonchev–Trinajstić information content (AvgIpc) is 3.30. The van der Waals surface area contributed by atoms with Gasteiger partial charge in [0.15, 0.2) is 0 Å². The Labute approximate surface area is 227 Å². The SMILES string of the molecule is NS(=O)(=O)N1CCC(Nc2ncc(C(F)(F)F)c(-c3ncc(-c4ccc(CN5CCC5)cc4Cl)s3)n2)CC1. The maximum atomic E-state index is 13.8. The van der Waals surface area contributed by atoms with Gasteiger partial charge in [0.2, 0.25) is 5.95 Å². The summed E-state index contributed by atoms with van der Waals surface area (Å²) in [7, 11) is -3.79. The molecule has 0 unspecified atom stereocenters. The van der Waals surface area contributed by atoms with E-state index in [1.54, 1.807) is 0 Å². The summed E-state index contributed by atoms with van der Waals surface area (Å²) in [6.07, 6.45) is -0.449. The van der Waals surface area contributed by atoms with Crippen LogP contribution < -0.4 is 10.5 Å². The van der Waals surface area contributed by atoms with Crippen LogP contribution in [0.2, 0.25) is 5.02 Å². The number of nitrogens with zero attached hydrogens (tertiary/aromatic N) is 5. The molecule has 4 heterocycles. The normalized spacial score (nSPS) is 17.9. The van der Waals surface area contributed by atoms with Crippen molar-refractivity contribution in [1.82, 2.24) is 24.2 Å². The number of thiazole rings is 1. The summed E-state index contributed by atoms with van der Waals surface area (Å²) in [5, 5.41) is 8.78. The molecule has 0 saturated carbocycles. The van der Waals surface area contributed by atoms with E-state index < -0.39 is 21.9 Å². The highest BCUT2D eigenvalue weighted by Gasteiger charge is 2.37. The van der Waals surface area contributed by atoms with Crippen LogP contribution in [-0.4, -0.2) is 64.8 Å². The van der Waals surface area contributed by atoms with Crippen LogP contribution in [0.4, 0.5) is 19.1 Å². The van der Waals surface area contributed by atoms with Gasteiger partial charge in [0.05, 0.1) is 4.88 Å². The fourth-order valence-corrected chi connectivity index (χ4v) is 6.46. The number of rotatable bonds is 7. The Hall–Kier alpha value is -2.36. The Morgan fingerprint density at radius 1 is 1.13 bits per heavy atom. The molecule has 2 saturated heterocycles. The van der Waals surface area contributed by atoms with E-state index >= 15 is 0 Å². The first kappa shape index (κ1) is 27.2. The monoisotopic (exact) mass is 587 g/mol. The number of alkyl halides is 3. The predicted octanol–water partition coefficient (Wildman–Crippen LogP) is 4.22. The summed E-state index contributed by atoms with van der Waals surface area (Å²) in [6.45, 7) is 3.31. The maximum absolute atomic E-state index is 13.8. The largest absolute Gasteiger partial charge is 0.420 e. The predicted molar refractivity (Wildman–Crippen MR) is 140 cm³/mol. The number of piperidine rings is 1. The summed E-state index contributed by atoms with van der Waals surface area (Å²) in [4.78, 5) is 15.2. The number of nitrogens with two attached hydrogens (primary N) is 1. The van der Waals surface area contributed by atoms with E-state index in [-0.39, 0.29) is 35.8 Å². The first-order valence-electron chi connectivity index (χ1n) is 11.9. The maximum Gasteiger partial charge on any atom is 0.420 e. The number of benzene rings is 1. The Balaban J connectivity index is 1.38. The molecule has 38 heavy (non-hydrogen) atoms. The quantitative estimate of drug-likeness (QED) is 0.425. The highest BCUT2D eigenvalue weighted by molar-refractivity contribution is 7.86. The molecule has 0 spiro atoms. The smallest absolute Gasteiger partial charge is 0.351 e. The second-order valence-corrected chi connectivity index (χ2v) is 12.3. The number of aromatic nitrogens is 3. The van der Waals surface area contributed by atoms with Crippen molar-refractivity contribution in [2.24, 2.45) is 5.14 Å². The van der Waals surface area contributed by atoms with Gasteiger partial charge in [0.25, 0.3) is 10.2 Å². The minimum Gasteiger partial charge on any atom is -0.351 e. The topological polar surface area (TPSA) is 117 Å². The number of anilines is 1. The molecule has 2 fully saturated rings. The summed E-state index contributed by atoms with van der Waals surface area (Å²) in [5.74, 6) is 0.00665. The summed E-state index contributed by atoms with van der Waals surface area (Å²) in [6, 6.07) is 5.48. The Kier molecular flexibility index (Phi) is 7.64. The van der Waals surface area contributed by atoms with Crippen LogP contribution in [0.15, 0.2) is 30.6 Å². The zero-order chi connectivity index (χ0) is 27.1. The molecule has 5 rings (SSSR count). The number of hydrogen-bond acceptors (Lipinski definition) is 8. The molecule has 0 amide bonds. The molecule has 0 bridgehead atoms. The minimum atomic E-state index is -4.68. The molecule has 0 atom stereocenters. The fourth-order valence-electron chi connectivity index (χ4n) is 4.42. The third-order valence-corrected chi connectivity index (χ3v) is 9.04. The highest BCUT2D eigenvalue weighted by atomic mass is 35.5. The molecule has 204 valence electrons. The molecular formula is C23H25ClF3N7O2S2. The van der Waals surface area contributed by atoms with Crippen LogP contribution in [0.3, 0.4) is 0 Å². The van der Waals surface area contributed by atoms with Gasteiger partial charge in [-0.15, -0.1) is 11.3 Å². The van der Waals surface area contributed by atoms with E-state index in [0.29, 0.717) is 28.3 Å². The number of likely N-dealkylation sites (tertiary alicyclic amines) is 1. The van der Waals surface area contributed by atoms with Crippen molar-refractivity contribution in [2.45, 2.75) is 38.0 Å². The second-order valence-electron chi connectivity index (χ2n) is 9.29. The van der Waals surface area contributed by atoms with Crippen molar-refractivity contribution in [3.8, 4) is 21.1 Å². The van der Waals surface area contributed by atoms with Gasteiger partial charge in [-0.3, -0.25) is 4.90 Å². The minimum absolute atomic E-state index is 0.00665. The fraction of sp³-hybridized carbons (Fsp3) is 0.435. The van der Waals surface area contributed by atoms with Crippen molar-refractivity contribution in [2.75, 3.05) is 31.5 Å². The van der Waals surface area contributed by atoms with Gasteiger partial charge in [-0.2, -0.15) is 25.9 Å². The van der Waals surface area contributed by atoms with Gasteiger partial charge in [0, 0.05) is 48.7 Å². The summed E-state index contributed by atoms with van der Waals surface area (Å²) < 4.78 is 65.7. The molecule has 15 heteroatoms. The Morgan fingerprint density at radius 2 is 1.87 bits per heavy atom. The molecular weight excluding hydrogens is 563 g/mol. The van der Waals surface area contributed by atoms with Crippen molar-refractivity contribution in [1.29, 1.82) is 0 Å². The third kappa shape index (κ3) is 6.10. The molecule has 2 aromatic heterocycles. The van der Waals surface area contributed by atoms with Gasteiger partial charge in [0.1, 0.15) is 16.3 Å². The lowest BCUT2D eigenvalue weighted by atomic mass is 10.1. The molecule has 0 radical (unpaired) electrons. The zero-order valence-corrected chi connectivity index (χ0v) is 22.5. The standard InChI is InChI=1S/C23H25ClF3N7O2S2/c24-18-10-14(13-33-6-1-7-33)2-3-16(18)19-12-29-21(37-19)20-17(23(25,26)27)11-30-22(32-20)31-15-4-8-34(9-5-15)38(28,35)36/h2-3,10-12,15H,1,4-9,13H2,(H2,28,35,36)(H,30,31,32). The van der Waals surface area contributed by atoms with Crippen LogP contribution >= 0.6 is 22.9 Å². The lowest BCUT2D eigenvalue weighted by Crippen LogP contribution is -2.45. The Bertz CT molecular complexity index is 1420. The van der Waals surface area contributed by atoms with E-state index in [4.69, 9.17) is 16.7 Å². The molecule has 3 aromatic rings. The van der Waals surface area contributed by atoms with Gasteiger partial charge >= 0.3 is 6.18 Å². The van der Waals surface area contributed by atoms with Crippen LogP contribution in [0.25, 0.3) is 21.1 Å². The molecule has 1 aromatic carbocycles. The van der Waals surface area contributed by atoms with Crippen LogP contribution in [0.5, 0.6) is 0 Å². The number of halogens is 4. The van der Waals surface area contributed by atoms with Gasteiger partial charge < -0.3 is 5.32 Å². The highest BCUT2D eigenvalue weighted by Crippen LogP contribution is 2.41. The number of hydrogen-bond donors (Lipinski definition) is 2. The van der Waals surface area contributed by atoms with Crippen molar-refractivity contribution in [3.05, 3.63) is 46.7 Å². The third-order valence-electron chi connectivity index (χ3n) is 6.60. The van der Waals surface area contributed by atoms with E-state index in [0.717, 1.165) is 47.0 Å². The second kappa shape index (κ2) is 10.7. The van der Waals surface area contributed by atoms with Gasteiger partial charge in [-0.1, -0.05) is 23.7 Å². The molecule has 3 N–H and O–H groups in total. The summed E-state index contributed by atoms with van der Waals surface area (Å²) in [5.41, 5.74) is 0.428. The van der Waals surface area contributed by atoms with E-state index in [1.165, 1.54) is 12.6 Å². The van der Waals surface area contributed by atoms with Crippen LogP contribution in [0.1, 0.15) is 30.4 Å². The molecule has 2 aliphatic rings. The molecule has 2 aliphatic heterocycles. The lowest BCUT2D eigenvalue weighted by Gasteiger charge is -2.30. The average molecular weight is 588 g/mol. The van der Waals surface area contributed by atoms with Crippen LogP contribution in [-0.2, 0) is 22.9 Å². The van der Waals surface area contributed by atoms with E-state index in [9.17, 15) is 21.6 Å². The molecule has 0 aliphatic carbocycles. The van der Waals surface area contributed by atoms with Crippen molar-refractivity contribution < 1.29 is 21.6 Å². The van der Waals surface area contributed by atoms with E-state index in [1.807, 2.05) is 18.2 Å².